The highest BCUT2D eigenvalue weighted by molar-refractivity contribution is 14.0. The van der Waals surface area contributed by atoms with Crippen LogP contribution < -0.4 is 10.6 Å². The van der Waals surface area contributed by atoms with Crippen LogP contribution >= 0.6 is 24.0 Å². The molecule has 0 saturated carbocycles. The fourth-order valence-corrected chi connectivity index (χ4v) is 2.51. The zero-order chi connectivity index (χ0) is 14.4. The van der Waals surface area contributed by atoms with E-state index in [1.165, 1.54) is 36.9 Å². The van der Waals surface area contributed by atoms with Gasteiger partial charge >= 0.3 is 0 Å². The monoisotopic (exact) mass is 402 g/mol. The summed E-state index contributed by atoms with van der Waals surface area (Å²) in [7, 11) is 4.10. The number of benzene rings is 1. The van der Waals surface area contributed by atoms with Crippen molar-refractivity contribution in [1.82, 2.24) is 4.90 Å². The Morgan fingerprint density at radius 3 is 2.48 bits per heavy atom. The highest BCUT2D eigenvalue weighted by Crippen LogP contribution is 2.14. The summed E-state index contributed by atoms with van der Waals surface area (Å²) in [5.74, 6) is 0.696. The predicted molar refractivity (Wildman–Crippen MR) is 102 cm³/mol. The van der Waals surface area contributed by atoms with Gasteiger partial charge in [-0.2, -0.15) is 0 Å². The first kappa shape index (κ1) is 18.1. The minimum atomic E-state index is 0. The smallest absolute Gasteiger partial charge is 0.191 e. The Morgan fingerprint density at radius 2 is 1.86 bits per heavy atom. The van der Waals surface area contributed by atoms with E-state index in [-0.39, 0.29) is 24.0 Å². The van der Waals surface area contributed by atoms with Crippen molar-refractivity contribution in [1.29, 1.82) is 0 Å². The van der Waals surface area contributed by atoms with Crippen molar-refractivity contribution in [2.45, 2.75) is 32.2 Å². The number of aliphatic imine (C=N–C) groups is 1. The summed E-state index contributed by atoms with van der Waals surface area (Å²) in [5.41, 5.74) is 8.53. The van der Waals surface area contributed by atoms with Crippen LogP contribution in [0.3, 0.4) is 0 Å². The molecule has 1 fully saturated rings. The van der Waals surface area contributed by atoms with Crippen molar-refractivity contribution < 1.29 is 0 Å². The Hall–Kier alpha value is -0.980. The van der Waals surface area contributed by atoms with E-state index >= 15 is 0 Å². The molecule has 2 N–H and O–H groups in total. The van der Waals surface area contributed by atoms with Gasteiger partial charge in [-0.3, -0.25) is 0 Å². The van der Waals surface area contributed by atoms with Crippen molar-refractivity contribution in [2.24, 2.45) is 10.7 Å². The molecule has 0 aromatic heterocycles. The van der Waals surface area contributed by atoms with Gasteiger partial charge < -0.3 is 15.5 Å². The maximum absolute atomic E-state index is 6.13. The summed E-state index contributed by atoms with van der Waals surface area (Å²) in [6.45, 7) is 2.75. The molecular weight excluding hydrogens is 375 g/mol. The summed E-state index contributed by atoms with van der Waals surface area (Å²) in [6, 6.07) is 8.44. The summed E-state index contributed by atoms with van der Waals surface area (Å²) < 4.78 is 0. The highest BCUT2D eigenvalue weighted by Gasteiger charge is 2.10. The lowest BCUT2D eigenvalue weighted by Gasteiger charge is -2.21. The molecule has 1 saturated heterocycles. The Labute approximate surface area is 145 Å². The summed E-state index contributed by atoms with van der Waals surface area (Å²) >= 11 is 0. The normalized spacial score (nSPS) is 16.1. The lowest BCUT2D eigenvalue weighted by molar-refractivity contribution is 0.428. The van der Waals surface area contributed by atoms with Gasteiger partial charge in [-0.05, 0) is 30.5 Å². The second-order valence-electron chi connectivity index (χ2n) is 5.64. The van der Waals surface area contributed by atoms with Gasteiger partial charge in [0.15, 0.2) is 5.96 Å². The van der Waals surface area contributed by atoms with E-state index in [2.05, 4.69) is 39.1 Å². The van der Waals surface area contributed by atoms with Crippen LogP contribution in [-0.4, -0.2) is 38.0 Å². The van der Waals surface area contributed by atoms with Crippen LogP contribution in [0, 0.1) is 0 Å². The third-order valence-corrected chi connectivity index (χ3v) is 3.78. The molecule has 5 heteroatoms. The maximum Gasteiger partial charge on any atom is 0.191 e. The van der Waals surface area contributed by atoms with Gasteiger partial charge in [-0.1, -0.05) is 25.0 Å². The topological polar surface area (TPSA) is 44.9 Å². The molecule has 0 aliphatic carbocycles. The van der Waals surface area contributed by atoms with E-state index in [9.17, 15) is 0 Å². The van der Waals surface area contributed by atoms with Crippen molar-refractivity contribution in [3.8, 4) is 0 Å². The van der Waals surface area contributed by atoms with Gasteiger partial charge in [0.2, 0.25) is 0 Å². The second kappa shape index (κ2) is 9.12. The van der Waals surface area contributed by atoms with Crippen LogP contribution in [-0.2, 0) is 6.54 Å². The zero-order valence-electron chi connectivity index (χ0n) is 13.1. The Kier molecular flexibility index (Phi) is 7.85. The van der Waals surface area contributed by atoms with E-state index in [0.717, 1.165) is 13.1 Å². The van der Waals surface area contributed by atoms with Crippen molar-refractivity contribution in [2.75, 3.05) is 32.1 Å². The van der Waals surface area contributed by atoms with Crippen LogP contribution in [0.1, 0.15) is 31.2 Å². The van der Waals surface area contributed by atoms with Crippen LogP contribution in [0.2, 0.25) is 0 Å². The number of hydrogen-bond donors (Lipinski definition) is 1. The molecule has 2 rings (SSSR count). The lowest BCUT2D eigenvalue weighted by Crippen LogP contribution is -2.38. The van der Waals surface area contributed by atoms with E-state index < -0.39 is 0 Å². The predicted octanol–water partition coefficient (Wildman–Crippen LogP) is 3.06. The summed E-state index contributed by atoms with van der Waals surface area (Å²) in [5, 5.41) is 0. The van der Waals surface area contributed by atoms with Crippen molar-refractivity contribution >= 4 is 35.6 Å². The number of halogens is 1. The van der Waals surface area contributed by atoms with Crippen LogP contribution in [0.5, 0.6) is 0 Å². The number of likely N-dealkylation sites (tertiary alicyclic amines) is 1. The molecule has 21 heavy (non-hydrogen) atoms. The molecule has 1 aliphatic rings. The molecule has 1 heterocycles. The first-order chi connectivity index (χ1) is 9.66. The fraction of sp³-hybridized carbons (Fsp3) is 0.562. The van der Waals surface area contributed by atoms with E-state index in [1.807, 2.05) is 14.1 Å². The van der Waals surface area contributed by atoms with Gasteiger partial charge in [-0.15, -0.1) is 24.0 Å². The minimum absolute atomic E-state index is 0. The van der Waals surface area contributed by atoms with Crippen LogP contribution in [0.25, 0.3) is 0 Å². The van der Waals surface area contributed by atoms with E-state index in [0.29, 0.717) is 12.5 Å². The fourth-order valence-electron chi connectivity index (χ4n) is 2.51. The highest BCUT2D eigenvalue weighted by atomic mass is 127. The largest absolute Gasteiger partial charge is 0.378 e. The SMILES string of the molecule is CN(C)c1cccc(CN=C(N)N2CCCCCC2)c1.I. The molecule has 1 aromatic rings. The maximum atomic E-state index is 6.13. The quantitative estimate of drug-likeness (QED) is 0.480. The van der Waals surface area contributed by atoms with Gasteiger partial charge in [0, 0.05) is 32.9 Å². The van der Waals surface area contributed by atoms with Gasteiger partial charge in [0.05, 0.1) is 6.54 Å². The van der Waals surface area contributed by atoms with Crippen molar-refractivity contribution in [3.05, 3.63) is 29.8 Å². The summed E-state index contributed by atoms with van der Waals surface area (Å²) in [6.07, 6.45) is 5.09. The molecular formula is C16H27IN4. The van der Waals surface area contributed by atoms with Gasteiger partial charge in [0.25, 0.3) is 0 Å². The van der Waals surface area contributed by atoms with Crippen molar-refractivity contribution in [3.63, 3.8) is 0 Å². The third-order valence-electron chi connectivity index (χ3n) is 3.78. The average molecular weight is 402 g/mol. The summed E-state index contributed by atoms with van der Waals surface area (Å²) in [4.78, 5) is 8.89. The number of rotatable bonds is 3. The molecule has 0 atom stereocenters. The van der Waals surface area contributed by atoms with Gasteiger partial charge in [-0.25, -0.2) is 4.99 Å². The second-order valence-corrected chi connectivity index (χ2v) is 5.64. The third kappa shape index (κ3) is 5.73. The standard InChI is InChI=1S/C16H26N4.HI/c1-19(2)15-9-7-8-14(12-15)13-18-16(17)20-10-5-3-4-6-11-20;/h7-9,12H,3-6,10-11,13H2,1-2H3,(H2,17,18);1H. The number of nitrogens with two attached hydrogens (primary N) is 1. The average Bonchev–Trinajstić information content (AvgIpc) is 2.74. The lowest BCUT2D eigenvalue weighted by atomic mass is 10.2. The molecule has 0 amide bonds. The molecule has 0 unspecified atom stereocenters. The minimum Gasteiger partial charge on any atom is -0.378 e. The molecule has 118 valence electrons. The molecule has 0 bridgehead atoms. The molecule has 1 aromatic carbocycles. The molecule has 1 aliphatic heterocycles. The van der Waals surface area contributed by atoms with Crippen LogP contribution in [0.4, 0.5) is 5.69 Å². The number of hydrogen-bond acceptors (Lipinski definition) is 2. The first-order valence-corrected chi connectivity index (χ1v) is 7.48. The number of nitrogens with zero attached hydrogens (tertiary/aromatic N) is 3. The Bertz CT molecular complexity index is 451. The Balaban J connectivity index is 0.00000220. The van der Waals surface area contributed by atoms with Crippen LogP contribution in [0.15, 0.2) is 29.3 Å². The molecule has 4 nitrogen and oxygen atoms in total. The van der Waals surface area contributed by atoms with Gasteiger partial charge in [0.1, 0.15) is 0 Å². The zero-order valence-corrected chi connectivity index (χ0v) is 15.4. The van der Waals surface area contributed by atoms with E-state index in [1.54, 1.807) is 0 Å². The Morgan fingerprint density at radius 1 is 1.19 bits per heavy atom. The van der Waals surface area contributed by atoms with E-state index in [4.69, 9.17) is 5.73 Å². The molecule has 0 spiro atoms. The number of guanidine groups is 1. The number of anilines is 1. The molecule has 0 radical (unpaired) electrons. The first-order valence-electron chi connectivity index (χ1n) is 7.48.